The summed E-state index contributed by atoms with van der Waals surface area (Å²) in [6.45, 7) is 3.83. The molecule has 1 saturated heterocycles. The van der Waals surface area contributed by atoms with Crippen LogP contribution in [0.2, 0.25) is 0 Å². The third-order valence-corrected chi connectivity index (χ3v) is 4.68. The van der Waals surface area contributed by atoms with E-state index in [1.165, 1.54) is 4.31 Å². The Kier molecular flexibility index (Phi) is 6.18. The highest BCUT2D eigenvalue weighted by Crippen LogP contribution is 2.20. The largest absolute Gasteiger partial charge is 0.466 e. The molecule has 0 aromatic carbocycles. The Morgan fingerprint density at radius 1 is 1.58 bits per heavy atom. The lowest BCUT2D eigenvalue weighted by molar-refractivity contribution is -0.149. The first-order valence-electron chi connectivity index (χ1n) is 6.45. The van der Waals surface area contributed by atoms with E-state index in [0.717, 1.165) is 0 Å². The smallest absolute Gasteiger partial charge is 0.310 e. The SMILES string of the molecule is CCOC(=O)C1CCCN(S(=O)(=O)N[C@H](C)CO)C1. The number of hydrogen-bond acceptors (Lipinski definition) is 5. The van der Waals surface area contributed by atoms with Gasteiger partial charge in [0.05, 0.1) is 19.1 Å². The van der Waals surface area contributed by atoms with Gasteiger partial charge in [-0.2, -0.15) is 17.4 Å². The van der Waals surface area contributed by atoms with Crippen molar-refractivity contribution in [3.63, 3.8) is 0 Å². The van der Waals surface area contributed by atoms with Crippen molar-refractivity contribution in [2.75, 3.05) is 26.3 Å². The average molecular weight is 294 g/mol. The number of carbonyl (C=O) groups is 1. The van der Waals surface area contributed by atoms with E-state index < -0.39 is 22.2 Å². The topological polar surface area (TPSA) is 95.9 Å². The highest BCUT2D eigenvalue weighted by molar-refractivity contribution is 7.87. The first kappa shape index (κ1) is 16.4. The molecule has 0 bridgehead atoms. The maximum absolute atomic E-state index is 12.0. The van der Waals surface area contributed by atoms with Crippen LogP contribution in [0.25, 0.3) is 0 Å². The lowest BCUT2D eigenvalue weighted by atomic mass is 10.0. The maximum Gasteiger partial charge on any atom is 0.310 e. The number of esters is 1. The van der Waals surface area contributed by atoms with Crippen LogP contribution in [0, 0.1) is 5.92 Å². The second-order valence-corrected chi connectivity index (χ2v) is 6.36. The molecule has 0 saturated carbocycles. The van der Waals surface area contributed by atoms with Gasteiger partial charge in [-0.15, -0.1) is 0 Å². The van der Waals surface area contributed by atoms with Gasteiger partial charge in [-0.05, 0) is 26.7 Å². The molecule has 1 aliphatic rings. The molecule has 1 aliphatic heterocycles. The first-order chi connectivity index (χ1) is 8.90. The van der Waals surface area contributed by atoms with Crippen molar-refractivity contribution in [2.24, 2.45) is 5.92 Å². The normalized spacial score (nSPS) is 23.0. The van der Waals surface area contributed by atoms with Crippen molar-refractivity contribution in [3.8, 4) is 0 Å². The standard InChI is InChI=1S/C11H22N2O5S/c1-3-18-11(15)10-5-4-6-13(7-10)19(16,17)12-9(2)8-14/h9-10,12,14H,3-8H2,1-2H3/t9-,10?/m1/s1. The summed E-state index contributed by atoms with van der Waals surface area (Å²) in [7, 11) is -3.66. The summed E-state index contributed by atoms with van der Waals surface area (Å²) >= 11 is 0. The number of piperidine rings is 1. The Morgan fingerprint density at radius 3 is 2.84 bits per heavy atom. The van der Waals surface area contributed by atoms with Gasteiger partial charge in [0.15, 0.2) is 0 Å². The fourth-order valence-electron chi connectivity index (χ4n) is 1.98. The van der Waals surface area contributed by atoms with Crippen LogP contribution in [0.15, 0.2) is 0 Å². The predicted molar refractivity (Wildman–Crippen MR) is 69.5 cm³/mol. The molecule has 0 spiro atoms. The van der Waals surface area contributed by atoms with Gasteiger partial charge in [0.2, 0.25) is 0 Å². The molecule has 1 unspecified atom stereocenters. The zero-order chi connectivity index (χ0) is 14.5. The first-order valence-corrected chi connectivity index (χ1v) is 7.89. The predicted octanol–water partition coefficient (Wildman–Crippen LogP) is -0.523. The molecule has 8 heteroatoms. The Morgan fingerprint density at radius 2 is 2.26 bits per heavy atom. The number of nitrogens with one attached hydrogen (secondary N) is 1. The third-order valence-electron chi connectivity index (χ3n) is 2.97. The van der Waals surface area contributed by atoms with E-state index in [1.807, 2.05) is 0 Å². The summed E-state index contributed by atoms with van der Waals surface area (Å²) in [6, 6.07) is -0.548. The number of ether oxygens (including phenoxy) is 1. The fourth-order valence-corrected chi connectivity index (χ4v) is 3.46. The van der Waals surface area contributed by atoms with Crippen molar-refractivity contribution in [1.29, 1.82) is 0 Å². The summed E-state index contributed by atoms with van der Waals surface area (Å²) in [4.78, 5) is 11.6. The number of rotatable bonds is 6. The lowest BCUT2D eigenvalue weighted by Crippen LogP contribution is -2.50. The molecule has 2 N–H and O–H groups in total. The van der Waals surface area contributed by atoms with Crippen molar-refractivity contribution >= 4 is 16.2 Å². The van der Waals surface area contributed by atoms with Gasteiger partial charge in [0.25, 0.3) is 10.2 Å². The highest BCUT2D eigenvalue weighted by atomic mass is 32.2. The van der Waals surface area contributed by atoms with E-state index >= 15 is 0 Å². The number of aliphatic hydroxyl groups excluding tert-OH is 1. The zero-order valence-corrected chi connectivity index (χ0v) is 12.1. The van der Waals surface area contributed by atoms with Crippen LogP contribution >= 0.6 is 0 Å². The number of aliphatic hydroxyl groups is 1. The van der Waals surface area contributed by atoms with Crippen LogP contribution in [0.3, 0.4) is 0 Å². The van der Waals surface area contributed by atoms with Crippen LogP contribution in [-0.4, -0.2) is 56.1 Å². The molecule has 0 aliphatic carbocycles. The Bertz CT molecular complexity index is 398. The Labute approximate surface area is 114 Å². The van der Waals surface area contributed by atoms with E-state index in [2.05, 4.69) is 4.72 Å². The quantitative estimate of drug-likeness (QED) is 0.642. The number of carbonyl (C=O) groups excluding carboxylic acids is 1. The molecule has 0 radical (unpaired) electrons. The van der Waals surface area contributed by atoms with Crippen molar-refractivity contribution < 1.29 is 23.1 Å². The van der Waals surface area contributed by atoms with Gasteiger partial charge < -0.3 is 9.84 Å². The van der Waals surface area contributed by atoms with Gasteiger partial charge >= 0.3 is 5.97 Å². The average Bonchev–Trinajstić information content (AvgIpc) is 2.38. The highest BCUT2D eigenvalue weighted by Gasteiger charge is 2.33. The monoisotopic (exact) mass is 294 g/mol. The molecule has 0 amide bonds. The minimum Gasteiger partial charge on any atom is -0.466 e. The van der Waals surface area contributed by atoms with Gasteiger partial charge in [-0.3, -0.25) is 4.79 Å². The van der Waals surface area contributed by atoms with Crippen molar-refractivity contribution in [1.82, 2.24) is 9.03 Å². The number of hydrogen-bond donors (Lipinski definition) is 2. The third kappa shape index (κ3) is 4.72. The summed E-state index contributed by atoms with van der Waals surface area (Å²) in [5.41, 5.74) is 0. The fraction of sp³-hybridized carbons (Fsp3) is 0.909. The minimum atomic E-state index is -3.66. The summed E-state index contributed by atoms with van der Waals surface area (Å²) in [6.07, 6.45) is 1.26. The van der Waals surface area contributed by atoms with Gasteiger partial charge in [-0.1, -0.05) is 0 Å². The molecule has 112 valence electrons. The maximum atomic E-state index is 12.0. The van der Waals surface area contributed by atoms with E-state index in [4.69, 9.17) is 9.84 Å². The van der Waals surface area contributed by atoms with Gasteiger partial charge in [0.1, 0.15) is 0 Å². The second kappa shape index (κ2) is 7.18. The van der Waals surface area contributed by atoms with Crippen molar-refractivity contribution in [3.05, 3.63) is 0 Å². The Hall–Kier alpha value is -0.700. The molecule has 1 heterocycles. The van der Waals surface area contributed by atoms with Crippen LogP contribution in [0.1, 0.15) is 26.7 Å². The zero-order valence-electron chi connectivity index (χ0n) is 11.3. The summed E-state index contributed by atoms with van der Waals surface area (Å²) < 4.78 is 32.6. The summed E-state index contributed by atoms with van der Waals surface area (Å²) in [5.74, 6) is -0.757. The number of nitrogens with zero attached hydrogens (tertiary/aromatic N) is 1. The molecule has 2 atom stereocenters. The van der Waals surface area contributed by atoms with E-state index in [9.17, 15) is 13.2 Å². The van der Waals surface area contributed by atoms with Crippen LogP contribution in [0.4, 0.5) is 0 Å². The molecule has 1 fully saturated rings. The summed E-state index contributed by atoms with van der Waals surface area (Å²) in [5, 5.41) is 8.89. The van der Waals surface area contributed by atoms with Crippen LogP contribution in [-0.2, 0) is 19.7 Å². The van der Waals surface area contributed by atoms with E-state index in [1.54, 1.807) is 13.8 Å². The molecule has 1 rings (SSSR count). The molecule has 0 aromatic rings. The second-order valence-electron chi connectivity index (χ2n) is 4.66. The molecular weight excluding hydrogens is 272 g/mol. The van der Waals surface area contributed by atoms with Gasteiger partial charge in [-0.25, -0.2) is 0 Å². The van der Waals surface area contributed by atoms with Gasteiger partial charge in [0, 0.05) is 19.1 Å². The minimum absolute atomic E-state index is 0.131. The molecule has 19 heavy (non-hydrogen) atoms. The molecule has 0 aromatic heterocycles. The van der Waals surface area contributed by atoms with Crippen molar-refractivity contribution in [2.45, 2.75) is 32.7 Å². The van der Waals surface area contributed by atoms with Crippen LogP contribution < -0.4 is 4.72 Å². The van der Waals surface area contributed by atoms with E-state index in [-0.39, 0.29) is 19.1 Å². The lowest BCUT2D eigenvalue weighted by Gasteiger charge is -2.31. The molecular formula is C11H22N2O5S. The van der Waals surface area contributed by atoms with E-state index in [0.29, 0.717) is 26.0 Å². The molecule has 7 nitrogen and oxygen atoms in total. The Balaban J connectivity index is 2.66. The van der Waals surface area contributed by atoms with Crippen LogP contribution in [0.5, 0.6) is 0 Å².